The highest BCUT2D eigenvalue weighted by molar-refractivity contribution is 5.94. The first-order chi connectivity index (χ1) is 10.5. The van der Waals surface area contributed by atoms with Crippen molar-refractivity contribution in [1.82, 2.24) is 19.9 Å². The molecule has 114 valence electrons. The van der Waals surface area contributed by atoms with Crippen LogP contribution in [0.5, 0.6) is 0 Å². The van der Waals surface area contributed by atoms with Crippen LogP contribution in [0.15, 0.2) is 41.2 Å². The van der Waals surface area contributed by atoms with E-state index < -0.39 is 5.60 Å². The Kier molecular flexibility index (Phi) is 3.42. The Morgan fingerprint density at radius 1 is 1.41 bits per heavy atom. The first kappa shape index (κ1) is 14.3. The number of aryl methyl sites for hydroxylation is 1. The molecule has 3 heterocycles. The molecule has 7 heteroatoms. The van der Waals surface area contributed by atoms with Gasteiger partial charge in [0.05, 0.1) is 12.1 Å². The second-order valence-corrected chi connectivity index (χ2v) is 5.38. The molecule has 0 aliphatic carbocycles. The monoisotopic (exact) mass is 300 g/mol. The molecule has 1 atom stereocenters. The van der Waals surface area contributed by atoms with E-state index in [0.717, 1.165) is 0 Å². The molecule has 0 aromatic carbocycles. The molecule has 0 saturated heterocycles. The predicted octanol–water partition coefficient (Wildman–Crippen LogP) is 1.27. The van der Waals surface area contributed by atoms with Crippen LogP contribution in [0.3, 0.4) is 0 Å². The van der Waals surface area contributed by atoms with Crippen LogP contribution in [-0.2, 0) is 5.60 Å². The lowest BCUT2D eigenvalue weighted by Crippen LogP contribution is -2.38. The molecule has 3 aromatic rings. The summed E-state index contributed by atoms with van der Waals surface area (Å²) in [5.41, 5.74) is -0.154. The van der Waals surface area contributed by atoms with Crippen molar-refractivity contribution in [3.63, 3.8) is 0 Å². The maximum Gasteiger partial charge on any atom is 0.252 e. The zero-order chi connectivity index (χ0) is 15.7. The maximum atomic E-state index is 12.2. The first-order valence-electron chi connectivity index (χ1n) is 6.82. The highest BCUT2D eigenvalue weighted by Crippen LogP contribution is 2.22. The minimum atomic E-state index is -1.27. The molecule has 0 aliphatic heterocycles. The van der Waals surface area contributed by atoms with Crippen LogP contribution in [-0.4, -0.2) is 32.2 Å². The number of aliphatic hydroxyl groups is 1. The Bertz CT molecular complexity index is 819. The summed E-state index contributed by atoms with van der Waals surface area (Å²) < 4.78 is 7.07. The topological polar surface area (TPSA) is 92.7 Å². The van der Waals surface area contributed by atoms with Gasteiger partial charge in [-0.3, -0.25) is 9.20 Å². The summed E-state index contributed by atoms with van der Waals surface area (Å²) in [7, 11) is 0. The van der Waals surface area contributed by atoms with E-state index in [9.17, 15) is 9.90 Å². The van der Waals surface area contributed by atoms with Gasteiger partial charge in [-0.1, -0.05) is 0 Å². The molecule has 22 heavy (non-hydrogen) atoms. The second kappa shape index (κ2) is 5.27. The summed E-state index contributed by atoms with van der Waals surface area (Å²) in [5.74, 6) is 0.832. The van der Waals surface area contributed by atoms with E-state index in [0.29, 0.717) is 22.7 Å². The molecule has 0 radical (unpaired) electrons. The van der Waals surface area contributed by atoms with Crippen LogP contribution in [0.25, 0.3) is 5.65 Å². The number of rotatable bonds is 4. The van der Waals surface area contributed by atoms with E-state index in [1.807, 2.05) is 0 Å². The fourth-order valence-electron chi connectivity index (χ4n) is 2.13. The third-order valence-corrected chi connectivity index (χ3v) is 3.42. The van der Waals surface area contributed by atoms with Gasteiger partial charge in [0.1, 0.15) is 23.4 Å². The van der Waals surface area contributed by atoms with Crippen LogP contribution in [0.2, 0.25) is 0 Å². The van der Waals surface area contributed by atoms with E-state index in [1.54, 1.807) is 48.7 Å². The lowest BCUT2D eigenvalue weighted by atomic mass is 10.0. The van der Waals surface area contributed by atoms with Crippen molar-refractivity contribution in [2.24, 2.45) is 0 Å². The van der Waals surface area contributed by atoms with Gasteiger partial charge < -0.3 is 14.8 Å². The molecule has 3 rings (SSSR count). The van der Waals surface area contributed by atoms with Crippen LogP contribution in [0, 0.1) is 6.92 Å². The molecule has 1 amide bonds. The number of aromatic nitrogens is 3. The third-order valence-electron chi connectivity index (χ3n) is 3.42. The van der Waals surface area contributed by atoms with Crippen molar-refractivity contribution >= 4 is 11.6 Å². The van der Waals surface area contributed by atoms with E-state index >= 15 is 0 Å². The highest BCUT2D eigenvalue weighted by Gasteiger charge is 2.27. The SMILES string of the molecule is Cc1ccc(C(C)(O)CNC(=O)c2ccc3nncn3c2)o1. The third kappa shape index (κ3) is 2.71. The van der Waals surface area contributed by atoms with Gasteiger partial charge in [0.2, 0.25) is 0 Å². The molecule has 7 nitrogen and oxygen atoms in total. The minimum Gasteiger partial charge on any atom is -0.463 e. The van der Waals surface area contributed by atoms with E-state index in [-0.39, 0.29) is 12.5 Å². The van der Waals surface area contributed by atoms with Gasteiger partial charge in [0, 0.05) is 6.20 Å². The quantitative estimate of drug-likeness (QED) is 0.757. The van der Waals surface area contributed by atoms with Crippen LogP contribution < -0.4 is 5.32 Å². The average Bonchev–Trinajstić information content (AvgIpc) is 3.12. The van der Waals surface area contributed by atoms with E-state index in [2.05, 4.69) is 15.5 Å². The van der Waals surface area contributed by atoms with Gasteiger partial charge in [-0.05, 0) is 38.1 Å². The molecule has 0 aliphatic rings. The molecule has 3 aromatic heterocycles. The van der Waals surface area contributed by atoms with Crippen LogP contribution in [0.1, 0.15) is 28.8 Å². The Balaban J connectivity index is 1.71. The number of nitrogens with zero attached hydrogens (tertiary/aromatic N) is 3. The van der Waals surface area contributed by atoms with Crippen molar-refractivity contribution in [2.45, 2.75) is 19.4 Å². The fourth-order valence-corrected chi connectivity index (χ4v) is 2.13. The van der Waals surface area contributed by atoms with Gasteiger partial charge in [0.25, 0.3) is 5.91 Å². The number of fused-ring (bicyclic) bond motifs is 1. The Morgan fingerprint density at radius 2 is 2.23 bits per heavy atom. The Labute approximate surface area is 126 Å². The van der Waals surface area contributed by atoms with Crippen molar-refractivity contribution in [3.05, 3.63) is 53.9 Å². The zero-order valence-electron chi connectivity index (χ0n) is 12.3. The number of carbonyl (C=O) groups excluding carboxylic acids is 1. The standard InChI is InChI=1S/C15H16N4O3/c1-10-3-5-12(22-10)15(2,21)8-16-14(20)11-4-6-13-18-17-9-19(13)7-11/h3-7,9,21H,8H2,1-2H3,(H,16,20). The number of carbonyl (C=O) groups is 1. The van der Waals surface area contributed by atoms with Crippen molar-refractivity contribution in [1.29, 1.82) is 0 Å². The van der Waals surface area contributed by atoms with Gasteiger partial charge >= 0.3 is 0 Å². The molecular formula is C15H16N4O3. The van der Waals surface area contributed by atoms with Gasteiger partial charge in [-0.25, -0.2) is 0 Å². The number of amides is 1. The molecular weight excluding hydrogens is 284 g/mol. The molecule has 0 bridgehead atoms. The van der Waals surface area contributed by atoms with Crippen molar-refractivity contribution in [3.8, 4) is 0 Å². The largest absolute Gasteiger partial charge is 0.463 e. The van der Waals surface area contributed by atoms with Gasteiger partial charge in [-0.2, -0.15) is 0 Å². The second-order valence-electron chi connectivity index (χ2n) is 5.38. The smallest absolute Gasteiger partial charge is 0.252 e. The van der Waals surface area contributed by atoms with Gasteiger partial charge in [0.15, 0.2) is 5.65 Å². The summed E-state index contributed by atoms with van der Waals surface area (Å²) >= 11 is 0. The Morgan fingerprint density at radius 3 is 2.95 bits per heavy atom. The summed E-state index contributed by atoms with van der Waals surface area (Å²) in [6.07, 6.45) is 3.16. The number of pyridine rings is 1. The minimum absolute atomic E-state index is 0.0407. The average molecular weight is 300 g/mol. The zero-order valence-corrected chi connectivity index (χ0v) is 12.3. The molecule has 0 saturated carbocycles. The summed E-state index contributed by atoms with van der Waals surface area (Å²) in [5, 5.41) is 20.7. The first-order valence-corrected chi connectivity index (χ1v) is 6.82. The molecule has 1 unspecified atom stereocenters. The van der Waals surface area contributed by atoms with E-state index in [4.69, 9.17) is 4.42 Å². The van der Waals surface area contributed by atoms with Crippen molar-refractivity contribution in [2.75, 3.05) is 6.54 Å². The van der Waals surface area contributed by atoms with E-state index in [1.165, 1.54) is 6.33 Å². The number of furan rings is 1. The number of hydrogen-bond donors (Lipinski definition) is 2. The molecule has 0 spiro atoms. The number of nitrogens with one attached hydrogen (secondary N) is 1. The van der Waals surface area contributed by atoms with Crippen LogP contribution in [0.4, 0.5) is 0 Å². The normalized spacial score (nSPS) is 14.0. The predicted molar refractivity (Wildman–Crippen MR) is 78.3 cm³/mol. The molecule has 0 fully saturated rings. The van der Waals surface area contributed by atoms with Crippen molar-refractivity contribution < 1.29 is 14.3 Å². The van der Waals surface area contributed by atoms with Gasteiger partial charge in [-0.15, -0.1) is 10.2 Å². The summed E-state index contributed by atoms with van der Waals surface area (Å²) in [4.78, 5) is 12.2. The maximum absolute atomic E-state index is 12.2. The lowest BCUT2D eigenvalue weighted by molar-refractivity contribution is 0.0323. The summed E-state index contributed by atoms with van der Waals surface area (Å²) in [6.45, 7) is 3.43. The summed E-state index contributed by atoms with van der Waals surface area (Å²) in [6, 6.07) is 6.83. The van der Waals surface area contributed by atoms with Crippen LogP contribution >= 0.6 is 0 Å². The molecule has 2 N–H and O–H groups in total. The highest BCUT2D eigenvalue weighted by atomic mass is 16.4. The number of hydrogen-bond acceptors (Lipinski definition) is 5. The Hall–Kier alpha value is -2.67. The fraction of sp³-hybridized carbons (Fsp3) is 0.267. The lowest BCUT2D eigenvalue weighted by Gasteiger charge is -2.21.